The molecule has 0 radical (unpaired) electrons. The number of carbonyl (C=O) groups is 1. The molecule has 108 valence electrons. The summed E-state index contributed by atoms with van der Waals surface area (Å²) in [5.74, 6) is 0.550. The van der Waals surface area contributed by atoms with E-state index in [0.29, 0.717) is 26.0 Å². The van der Waals surface area contributed by atoms with Crippen LogP contribution in [0.3, 0.4) is 0 Å². The lowest BCUT2D eigenvalue weighted by Crippen LogP contribution is -2.11. The summed E-state index contributed by atoms with van der Waals surface area (Å²) in [5.41, 5.74) is 11.7. The van der Waals surface area contributed by atoms with Crippen molar-refractivity contribution in [1.29, 1.82) is 0 Å². The first-order valence-electron chi connectivity index (χ1n) is 6.92. The molecule has 0 aromatic heterocycles. The molecule has 4 nitrogen and oxygen atoms in total. The number of hydrogen-bond donors (Lipinski definition) is 2. The molecule has 0 saturated heterocycles. The smallest absolute Gasteiger partial charge is 0.217 e. The topological polar surface area (TPSA) is 78.3 Å². The van der Waals surface area contributed by atoms with E-state index in [1.165, 1.54) is 5.56 Å². The average Bonchev–Trinajstić information content (AvgIpc) is 2.44. The van der Waals surface area contributed by atoms with E-state index in [1.807, 2.05) is 32.0 Å². The summed E-state index contributed by atoms with van der Waals surface area (Å²) in [6.45, 7) is 5.22. The second kappa shape index (κ2) is 11.5. The molecule has 4 heteroatoms. The van der Waals surface area contributed by atoms with E-state index in [-0.39, 0.29) is 5.91 Å². The third-order valence-corrected chi connectivity index (χ3v) is 2.40. The summed E-state index contributed by atoms with van der Waals surface area (Å²) >= 11 is 0. The van der Waals surface area contributed by atoms with Gasteiger partial charge in [-0.15, -0.1) is 0 Å². The van der Waals surface area contributed by atoms with Gasteiger partial charge in [0.2, 0.25) is 5.91 Å². The minimum absolute atomic E-state index is 0.287. The average molecular weight is 266 g/mol. The number of benzene rings is 1. The van der Waals surface area contributed by atoms with Gasteiger partial charge in [0.05, 0.1) is 6.61 Å². The first-order valence-corrected chi connectivity index (χ1v) is 6.92. The Balaban J connectivity index is 0.00000154. The fourth-order valence-electron chi connectivity index (χ4n) is 1.53. The van der Waals surface area contributed by atoms with Gasteiger partial charge in [0.25, 0.3) is 0 Å². The van der Waals surface area contributed by atoms with E-state index in [0.717, 1.165) is 18.6 Å². The molecular weight excluding hydrogens is 240 g/mol. The monoisotopic (exact) mass is 266 g/mol. The van der Waals surface area contributed by atoms with Gasteiger partial charge in [-0.1, -0.05) is 26.0 Å². The van der Waals surface area contributed by atoms with Crippen LogP contribution in [0.15, 0.2) is 24.3 Å². The molecule has 0 unspecified atom stereocenters. The summed E-state index contributed by atoms with van der Waals surface area (Å²) in [5, 5.41) is 0. The van der Waals surface area contributed by atoms with Gasteiger partial charge in [-0.2, -0.15) is 0 Å². The van der Waals surface area contributed by atoms with E-state index in [2.05, 4.69) is 6.07 Å². The summed E-state index contributed by atoms with van der Waals surface area (Å²) in [6, 6.07) is 7.96. The third-order valence-electron chi connectivity index (χ3n) is 2.40. The first kappa shape index (κ1) is 17.4. The SMILES string of the molecule is CC.NCCCc1cccc(OCCCC(N)=O)c1. The van der Waals surface area contributed by atoms with Crippen LogP contribution in [0.25, 0.3) is 0 Å². The minimum Gasteiger partial charge on any atom is -0.494 e. The Hall–Kier alpha value is -1.55. The van der Waals surface area contributed by atoms with Gasteiger partial charge >= 0.3 is 0 Å². The van der Waals surface area contributed by atoms with Crippen LogP contribution in [0, 0.1) is 0 Å². The fourth-order valence-corrected chi connectivity index (χ4v) is 1.53. The Morgan fingerprint density at radius 2 is 2.00 bits per heavy atom. The molecule has 0 aliphatic rings. The Labute approximate surface area is 116 Å². The minimum atomic E-state index is -0.287. The number of rotatable bonds is 8. The molecular formula is C15H26N2O2. The van der Waals surface area contributed by atoms with Gasteiger partial charge in [0.1, 0.15) is 5.75 Å². The van der Waals surface area contributed by atoms with E-state index in [1.54, 1.807) is 0 Å². The van der Waals surface area contributed by atoms with Crippen LogP contribution >= 0.6 is 0 Å². The van der Waals surface area contributed by atoms with Crippen LogP contribution in [-0.4, -0.2) is 19.1 Å². The number of hydrogen-bond acceptors (Lipinski definition) is 3. The summed E-state index contributed by atoms with van der Waals surface area (Å²) in [6.07, 6.45) is 2.97. The molecule has 1 rings (SSSR count). The van der Waals surface area contributed by atoms with Gasteiger partial charge in [0.15, 0.2) is 0 Å². The van der Waals surface area contributed by atoms with Crippen molar-refractivity contribution in [1.82, 2.24) is 0 Å². The Bertz CT molecular complexity index is 354. The quantitative estimate of drug-likeness (QED) is 0.708. The van der Waals surface area contributed by atoms with Crippen molar-refractivity contribution in [3.8, 4) is 5.75 Å². The Kier molecular flexibility index (Phi) is 10.6. The zero-order valence-electron chi connectivity index (χ0n) is 12.0. The van der Waals surface area contributed by atoms with Gasteiger partial charge < -0.3 is 16.2 Å². The van der Waals surface area contributed by atoms with Crippen molar-refractivity contribution in [2.45, 2.75) is 39.5 Å². The van der Waals surface area contributed by atoms with Crippen LogP contribution in [0.4, 0.5) is 0 Å². The van der Waals surface area contributed by atoms with Crippen LogP contribution < -0.4 is 16.2 Å². The maximum absolute atomic E-state index is 10.5. The maximum atomic E-state index is 10.5. The second-order valence-corrected chi connectivity index (χ2v) is 3.96. The highest BCUT2D eigenvalue weighted by atomic mass is 16.5. The Morgan fingerprint density at radius 1 is 1.26 bits per heavy atom. The number of ether oxygens (including phenoxy) is 1. The number of nitrogens with two attached hydrogens (primary N) is 2. The van der Waals surface area contributed by atoms with Crippen LogP contribution in [0.1, 0.15) is 38.7 Å². The number of primary amides is 1. The number of amides is 1. The highest BCUT2D eigenvalue weighted by molar-refractivity contribution is 5.73. The highest BCUT2D eigenvalue weighted by Crippen LogP contribution is 2.14. The lowest BCUT2D eigenvalue weighted by Gasteiger charge is -2.07. The molecule has 1 aromatic carbocycles. The lowest BCUT2D eigenvalue weighted by atomic mass is 10.1. The van der Waals surface area contributed by atoms with Gasteiger partial charge in [-0.3, -0.25) is 4.79 Å². The maximum Gasteiger partial charge on any atom is 0.217 e. The van der Waals surface area contributed by atoms with E-state index in [4.69, 9.17) is 16.2 Å². The summed E-state index contributed by atoms with van der Waals surface area (Å²) in [7, 11) is 0. The molecule has 4 N–H and O–H groups in total. The molecule has 0 atom stereocenters. The third kappa shape index (κ3) is 9.08. The molecule has 0 aliphatic heterocycles. The molecule has 0 aliphatic carbocycles. The zero-order chi connectivity index (χ0) is 14.5. The predicted octanol–water partition coefficient (Wildman–Crippen LogP) is 2.25. The van der Waals surface area contributed by atoms with Crippen molar-refractivity contribution >= 4 is 5.91 Å². The molecule has 0 fully saturated rings. The van der Waals surface area contributed by atoms with Crippen LogP contribution in [0.2, 0.25) is 0 Å². The number of aryl methyl sites for hydroxylation is 1. The fraction of sp³-hybridized carbons (Fsp3) is 0.533. The standard InChI is InChI=1S/C13H20N2O2.C2H6/c14-8-2-5-11-4-1-6-12(10-11)17-9-3-7-13(15)16;1-2/h1,4,6,10H,2-3,5,7-9,14H2,(H2,15,16);1-2H3. The van der Waals surface area contributed by atoms with Crippen LogP contribution in [-0.2, 0) is 11.2 Å². The summed E-state index contributed by atoms with van der Waals surface area (Å²) < 4.78 is 5.54. The molecule has 0 heterocycles. The Morgan fingerprint density at radius 3 is 2.63 bits per heavy atom. The van der Waals surface area contributed by atoms with E-state index < -0.39 is 0 Å². The van der Waals surface area contributed by atoms with Gasteiger partial charge in [-0.05, 0) is 43.5 Å². The molecule has 19 heavy (non-hydrogen) atoms. The largest absolute Gasteiger partial charge is 0.494 e. The second-order valence-electron chi connectivity index (χ2n) is 3.96. The van der Waals surface area contributed by atoms with Crippen molar-refractivity contribution < 1.29 is 9.53 Å². The molecule has 1 aromatic rings. The van der Waals surface area contributed by atoms with E-state index >= 15 is 0 Å². The van der Waals surface area contributed by atoms with Gasteiger partial charge in [0, 0.05) is 6.42 Å². The highest BCUT2D eigenvalue weighted by Gasteiger charge is 1.98. The molecule has 0 spiro atoms. The number of carbonyl (C=O) groups excluding carboxylic acids is 1. The van der Waals surface area contributed by atoms with Crippen molar-refractivity contribution in [2.24, 2.45) is 11.5 Å². The molecule has 1 amide bonds. The molecule has 0 saturated carbocycles. The van der Waals surface area contributed by atoms with Crippen molar-refractivity contribution in [3.63, 3.8) is 0 Å². The van der Waals surface area contributed by atoms with E-state index in [9.17, 15) is 4.79 Å². The normalized spacial score (nSPS) is 9.42. The predicted molar refractivity (Wildman–Crippen MR) is 79.1 cm³/mol. The van der Waals surface area contributed by atoms with Gasteiger partial charge in [-0.25, -0.2) is 0 Å². The van der Waals surface area contributed by atoms with Crippen LogP contribution in [0.5, 0.6) is 5.75 Å². The summed E-state index contributed by atoms with van der Waals surface area (Å²) in [4.78, 5) is 10.5. The van der Waals surface area contributed by atoms with Crippen molar-refractivity contribution in [3.05, 3.63) is 29.8 Å². The molecule has 0 bridgehead atoms. The van der Waals surface area contributed by atoms with Crippen molar-refractivity contribution in [2.75, 3.05) is 13.2 Å². The first-order chi connectivity index (χ1) is 9.22. The zero-order valence-corrected chi connectivity index (χ0v) is 12.0. The lowest BCUT2D eigenvalue weighted by molar-refractivity contribution is -0.118.